The van der Waals surface area contributed by atoms with Crippen LogP contribution in [0.2, 0.25) is 0 Å². The molecule has 0 amide bonds. The van der Waals surface area contributed by atoms with Crippen LogP contribution in [0.15, 0.2) is 0 Å². The first kappa shape index (κ1) is 16.4. The van der Waals surface area contributed by atoms with Crippen molar-refractivity contribution in [1.82, 2.24) is 9.62 Å². The van der Waals surface area contributed by atoms with Crippen LogP contribution in [0.4, 0.5) is 0 Å². The Morgan fingerprint density at radius 3 is 2.53 bits per heavy atom. The summed E-state index contributed by atoms with van der Waals surface area (Å²) in [6, 6.07) is 0. The zero-order valence-electron chi connectivity index (χ0n) is 11.6. The number of ether oxygens (including phenoxy) is 1. The molecule has 0 aromatic rings. The molecule has 112 valence electrons. The Balaban J connectivity index is 2.71. The van der Waals surface area contributed by atoms with E-state index in [0.29, 0.717) is 32.5 Å². The number of amidine groups is 1. The summed E-state index contributed by atoms with van der Waals surface area (Å²) in [5, 5.41) is 7.70. The molecular weight excluding hydrogens is 268 g/mol. The van der Waals surface area contributed by atoms with Crippen molar-refractivity contribution < 1.29 is 13.2 Å². The third-order valence-corrected chi connectivity index (χ3v) is 4.81. The van der Waals surface area contributed by atoms with Gasteiger partial charge in [0.05, 0.1) is 17.9 Å². The molecule has 0 aromatic carbocycles. The smallest absolute Gasteiger partial charge is 0.214 e. The van der Waals surface area contributed by atoms with Gasteiger partial charge in [0, 0.05) is 19.7 Å². The van der Waals surface area contributed by atoms with E-state index in [9.17, 15) is 8.42 Å². The molecule has 0 radical (unpaired) electrons. The van der Waals surface area contributed by atoms with E-state index in [1.807, 2.05) is 14.0 Å². The fourth-order valence-electron chi connectivity index (χ4n) is 2.09. The highest BCUT2D eigenvalue weighted by Crippen LogP contribution is 2.22. The molecule has 0 bridgehead atoms. The van der Waals surface area contributed by atoms with Crippen molar-refractivity contribution in [1.29, 1.82) is 5.41 Å². The normalized spacial score (nSPS) is 20.3. The Morgan fingerprint density at radius 1 is 1.47 bits per heavy atom. The van der Waals surface area contributed by atoms with Gasteiger partial charge in [0.25, 0.3) is 0 Å². The number of nitrogens with two attached hydrogens (primary N) is 1. The number of rotatable bonds is 7. The summed E-state index contributed by atoms with van der Waals surface area (Å²) in [6.07, 6.45) is 1.04. The molecule has 4 N–H and O–H groups in total. The molecule has 1 saturated heterocycles. The van der Waals surface area contributed by atoms with E-state index in [2.05, 4.69) is 9.62 Å². The lowest BCUT2D eigenvalue weighted by Gasteiger charge is -2.39. The highest BCUT2D eigenvalue weighted by Gasteiger charge is 2.40. The molecule has 0 aromatic heterocycles. The molecule has 1 aliphatic rings. The van der Waals surface area contributed by atoms with Crippen molar-refractivity contribution in [2.45, 2.75) is 25.3 Å². The standard InChI is InChI=1S/C11H24N4O3S/c1-3-18-8-9-19(16,17)14-11(10(12)13)4-6-15(2)7-5-11/h14H,3-9H2,1-2H3,(H3,12,13). The van der Waals surface area contributed by atoms with Crippen molar-refractivity contribution in [3.8, 4) is 0 Å². The molecule has 8 heteroatoms. The molecule has 1 fully saturated rings. The van der Waals surface area contributed by atoms with Crippen molar-refractivity contribution in [3.63, 3.8) is 0 Å². The maximum absolute atomic E-state index is 12.0. The summed E-state index contributed by atoms with van der Waals surface area (Å²) in [6.45, 7) is 3.88. The minimum absolute atomic E-state index is 0.105. The van der Waals surface area contributed by atoms with Crippen LogP contribution in [0.1, 0.15) is 19.8 Å². The van der Waals surface area contributed by atoms with Crippen LogP contribution >= 0.6 is 0 Å². The number of hydrogen-bond acceptors (Lipinski definition) is 5. The second-order valence-electron chi connectivity index (χ2n) is 4.92. The van der Waals surface area contributed by atoms with Gasteiger partial charge in [-0.25, -0.2) is 13.1 Å². The van der Waals surface area contributed by atoms with Crippen LogP contribution in [0.5, 0.6) is 0 Å². The summed E-state index contributed by atoms with van der Waals surface area (Å²) in [4.78, 5) is 2.09. The zero-order valence-corrected chi connectivity index (χ0v) is 12.4. The lowest BCUT2D eigenvalue weighted by molar-refractivity contribution is 0.162. The first-order valence-corrected chi connectivity index (χ1v) is 8.09. The van der Waals surface area contributed by atoms with Gasteiger partial charge in [0.1, 0.15) is 5.84 Å². The average molecular weight is 292 g/mol. The number of piperidine rings is 1. The van der Waals surface area contributed by atoms with Crippen molar-refractivity contribution in [2.24, 2.45) is 5.73 Å². The summed E-state index contributed by atoms with van der Waals surface area (Å²) >= 11 is 0. The second kappa shape index (κ2) is 6.65. The van der Waals surface area contributed by atoms with Crippen molar-refractivity contribution >= 4 is 15.9 Å². The van der Waals surface area contributed by atoms with E-state index in [-0.39, 0.29) is 18.2 Å². The first-order valence-electron chi connectivity index (χ1n) is 6.44. The predicted molar refractivity (Wildman–Crippen MR) is 74.8 cm³/mol. The summed E-state index contributed by atoms with van der Waals surface area (Å²) in [7, 11) is -1.52. The maximum atomic E-state index is 12.0. The topological polar surface area (TPSA) is 109 Å². The lowest BCUT2D eigenvalue weighted by Crippen LogP contribution is -2.62. The quantitative estimate of drug-likeness (QED) is 0.328. The highest BCUT2D eigenvalue weighted by molar-refractivity contribution is 7.89. The molecular formula is C11H24N4O3S. The lowest BCUT2D eigenvalue weighted by atomic mass is 9.88. The summed E-state index contributed by atoms with van der Waals surface area (Å²) in [5.41, 5.74) is 4.68. The molecule has 1 rings (SSSR count). The van der Waals surface area contributed by atoms with E-state index in [1.54, 1.807) is 0 Å². The Hall–Kier alpha value is -0.700. The Kier molecular flexibility index (Phi) is 5.72. The van der Waals surface area contributed by atoms with E-state index in [0.717, 1.165) is 0 Å². The third-order valence-electron chi connectivity index (χ3n) is 3.41. The second-order valence-corrected chi connectivity index (χ2v) is 6.76. The van der Waals surface area contributed by atoms with Gasteiger partial charge in [-0.3, -0.25) is 5.41 Å². The van der Waals surface area contributed by atoms with Gasteiger partial charge in [0.2, 0.25) is 10.0 Å². The predicted octanol–water partition coefficient (Wildman–Crippen LogP) is -0.657. The zero-order chi connectivity index (χ0) is 14.5. The molecule has 0 atom stereocenters. The number of nitrogens with one attached hydrogen (secondary N) is 2. The highest BCUT2D eigenvalue weighted by atomic mass is 32.2. The molecule has 0 spiro atoms. The van der Waals surface area contributed by atoms with Gasteiger partial charge in [-0.15, -0.1) is 0 Å². The summed E-state index contributed by atoms with van der Waals surface area (Å²) < 4.78 is 31.7. The summed E-state index contributed by atoms with van der Waals surface area (Å²) in [5.74, 6) is -0.216. The molecule has 19 heavy (non-hydrogen) atoms. The minimum atomic E-state index is -3.49. The SMILES string of the molecule is CCOCCS(=O)(=O)NC1(C(=N)N)CCN(C)CC1. The Morgan fingerprint density at radius 2 is 2.05 bits per heavy atom. The van der Waals surface area contributed by atoms with E-state index < -0.39 is 15.6 Å². The monoisotopic (exact) mass is 292 g/mol. The Labute approximate surface area is 115 Å². The van der Waals surface area contributed by atoms with E-state index in [1.165, 1.54) is 0 Å². The number of sulfonamides is 1. The van der Waals surface area contributed by atoms with Crippen molar-refractivity contribution in [3.05, 3.63) is 0 Å². The minimum Gasteiger partial charge on any atom is -0.386 e. The van der Waals surface area contributed by atoms with Crippen molar-refractivity contribution in [2.75, 3.05) is 39.1 Å². The molecule has 0 unspecified atom stereocenters. The molecule has 1 aliphatic heterocycles. The molecule has 0 aliphatic carbocycles. The van der Waals surface area contributed by atoms with Gasteiger partial charge < -0.3 is 15.4 Å². The van der Waals surface area contributed by atoms with Crippen LogP contribution in [-0.4, -0.2) is 63.8 Å². The molecule has 7 nitrogen and oxygen atoms in total. The van der Waals surface area contributed by atoms with Crippen LogP contribution < -0.4 is 10.5 Å². The van der Waals surface area contributed by atoms with Crippen LogP contribution in [-0.2, 0) is 14.8 Å². The van der Waals surface area contributed by atoms with Crippen LogP contribution in [0.25, 0.3) is 0 Å². The molecule has 0 saturated carbocycles. The van der Waals surface area contributed by atoms with E-state index >= 15 is 0 Å². The number of hydrogen-bond donors (Lipinski definition) is 3. The van der Waals surface area contributed by atoms with Crippen LogP contribution in [0, 0.1) is 5.41 Å². The van der Waals surface area contributed by atoms with E-state index in [4.69, 9.17) is 15.9 Å². The largest absolute Gasteiger partial charge is 0.386 e. The average Bonchev–Trinajstić information content (AvgIpc) is 2.32. The van der Waals surface area contributed by atoms with Gasteiger partial charge in [-0.05, 0) is 26.8 Å². The Bertz CT molecular complexity index is 402. The van der Waals surface area contributed by atoms with Gasteiger partial charge in [0.15, 0.2) is 0 Å². The van der Waals surface area contributed by atoms with Gasteiger partial charge in [-0.2, -0.15) is 0 Å². The fraction of sp³-hybridized carbons (Fsp3) is 0.909. The van der Waals surface area contributed by atoms with Gasteiger partial charge in [-0.1, -0.05) is 0 Å². The number of nitrogens with zero attached hydrogens (tertiary/aromatic N) is 1. The fourth-order valence-corrected chi connectivity index (χ4v) is 3.44. The first-order chi connectivity index (χ1) is 8.81. The maximum Gasteiger partial charge on any atom is 0.214 e. The van der Waals surface area contributed by atoms with Crippen LogP contribution in [0.3, 0.4) is 0 Å². The molecule has 1 heterocycles. The van der Waals surface area contributed by atoms with Gasteiger partial charge >= 0.3 is 0 Å². The number of likely N-dealkylation sites (tertiary alicyclic amines) is 1. The third kappa shape index (κ3) is 4.72.